The smallest absolute Gasteiger partial charge is 0.329 e. The van der Waals surface area contributed by atoms with E-state index in [-0.39, 0.29) is 0 Å². The van der Waals surface area contributed by atoms with Crippen molar-refractivity contribution >= 4 is 29.1 Å². The van der Waals surface area contributed by atoms with Crippen LogP contribution in [0.4, 0.5) is 22.0 Å². The maximum atomic E-state index is 14.0. The van der Waals surface area contributed by atoms with E-state index < -0.39 is 17.7 Å². The number of fused-ring (bicyclic) bond motifs is 1. The van der Waals surface area contributed by atoms with Gasteiger partial charge in [-0.15, -0.1) is 0 Å². The molecule has 2 aliphatic heterocycles. The summed E-state index contributed by atoms with van der Waals surface area (Å²) in [6.45, 7) is 5.88. The molecule has 5 rings (SSSR count). The second-order valence-electron chi connectivity index (χ2n) is 8.72. The Labute approximate surface area is 198 Å². The fourth-order valence-corrected chi connectivity index (χ4v) is 4.61. The van der Waals surface area contributed by atoms with Crippen LogP contribution in [0.2, 0.25) is 0 Å². The lowest BCUT2D eigenvalue weighted by molar-refractivity contribution is -0.152. The van der Waals surface area contributed by atoms with Crippen molar-refractivity contribution in [3.05, 3.63) is 83.6 Å². The molecule has 0 spiro atoms. The third-order valence-corrected chi connectivity index (χ3v) is 6.66. The summed E-state index contributed by atoms with van der Waals surface area (Å²) in [5, 5.41) is 14.9. The van der Waals surface area contributed by atoms with Crippen LogP contribution in [0, 0.1) is 13.8 Å². The average Bonchev–Trinajstić information content (AvgIpc) is 2.86. The summed E-state index contributed by atoms with van der Waals surface area (Å²) in [6, 6.07) is 17.6. The number of pyridine rings is 1. The van der Waals surface area contributed by atoms with Crippen LogP contribution in [0.5, 0.6) is 0 Å². The Kier molecular flexibility index (Phi) is 5.45. The lowest BCUT2D eigenvalue weighted by atomic mass is 9.93. The Balaban J connectivity index is 1.51. The maximum absolute atomic E-state index is 14.0. The van der Waals surface area contributed by atoms with Crippen molar-refractivity contribution in [1.29, 1.82) is 0 Å². The number of hydrogen-bond acceptors (Lipinski definition) is 5. The number of aryl methyl sites for hydroxylation is 2. The topological polar surface area (TPSA) is 89.0 Å². The van der Waals surface area contributed by atoms with Crippen LogP contribution < -0.4 is 15.1 Å². The van der Waals surface area contributed by atoms with Gasteiger partial charge in [-0.2, -0.15) is 0 Å². The van der Waals surface area contributed by atoms with Gasteiger partial charge < -0.3 is 20.2 Å². The van der Waals surface area contributed by atoms with Crippen LogP contribution in [0.1, 0.15) is 16.7 Å². The van der Waals surface area contributed by atoms with Gasteiger partial charge in [-0.25, -0.2) is 9.78 Å². The molecular formula is C26H27N5O3. The maximum Gasteiger partial charge on any atom is 0.329 e. The van der Waals surface area contributed by atoms with Gasteiger partial charge in [0.2, 0.25) is 0 Å². The number of nitrogens with one attached hydrogen (secondary N) is 1. The normalized spacial score (nSPS) is 20.1. The molecule has 1 fully saturated rings. The van der Waals surface area contributed by atoms with Crippen molar-refractivity contribution in [3.8, 4) is 0 Å². The van der Waals surface area contributed by atoms with E-state index in [1.165, 1.54) is 4.90 Å². The van der Waals surface area contributed by atoms with E-state index in [2.05, 4.69) is 15.2 Å². The molecule has 3 amide bonds. The Morgan fingerprint density at radius 1 is 0.971 bits per heavy atom. The first-order valence-electron chi connectivity index (χ1n) is 11.4. The zero-order valence-corrected chi connectivity index (χ0v) is 19.2. The Morgan fingerprint density at radius 2 is 1.71 bits per heavy atom. The molecule has 8 heteroatoms. The number of anilines is 3. The molecule has 1 aromatic heterocycles. The number of carbonyl (C=O) groups excluding carboxylic acids is 2. The van der Waals surface area contributed by atoms with Gasteiger partial charge in [-0.1, -0.05) is 30.3 Å². The van der Waals surface area contributed by atoms with Crippen LogP contribution in [-0.4, -0.2) is 53.1 Å². The molecule has 0 bridgehead atoms. The van der Waals surface area contributed by atoms with Crippen LogP contribution in [0.15, 0.2) is 66.9 Å². The molecule has 0 radical (unpaired) electrons. The molecule has 2 aromatic carbocycles. The van der Waals surface area contributed by atoms with Crippen molar-refractivity contribution in [3.63, 3.8) is 0 Å². The molecule has 3 aromatic rings. The molecule has 1 saturated heterocycles. The SMILES string of the molecule is Cc1ccc(N2C(=O)Nc3ccccc3[C@]2(O)C(=O)N2CCN(c3ccccn3)CC2)cc1C. The van der Waals surface area contributed by atoms with E-state index in [1.807, 2.05) is 44.2 Å². The van der Waals surface area contributed by atoms with E-state index in [0.717, 1.165) is 16.9 Å². The molecular weight excluding hydrogens is 430 g/mol. The molecule has 1 atom stereocenters. The number of aliphatic hydroxyl groups is 1. The molecule has 2 aliphatic rings. The average molecular weight is 458 g/mol. The fourth-order valence-electron chi connectivity index (χ4n) is 4.61. The molecule has 0 aliphatic carbocycles. The highest BCUT2D eigenvalue weighted by molar-refractivity contribution is 6.11. The second kappa shape index (κ2) is 8.46. The molecule has 2 N–H and O–H groups in total. The number of hydrogen-bond donors (Lipinski definition) is 2. The van der Waals surface area contributed by atoms with E-state index in [0.29, 0.717) is 43.1 Å². The van der Waals surface area contributed by atoms with Gasteiger partial charge in [-0.05, 0) is 55.3 Å². The number of aromatic nitrogens is 1. The number of nitrogens with zero attached hydrogens (tertiary/aromatic N) is 4. The highest BCUT2D eigenvalue weighted by Gasteiger charge is 2.53. The van der Waals surface area contributed by atoms with Gasteiger partial charge in [0.25, 0.3) is 11.6 Å². The summed E-state index contributed by atoms with van der Waals surface area (Å²) in [6.07, 6.45) is 1.74. The fraction of sp³-hybridized carbons (Fsp3) is 0.269. The largest absolute Gasteiger partial charge is 0.359 e. The number of amides is 3. The quantitative estimate of drug-likeness (QED) is 0.630. The monoisotopic (exact) mass is 457 g/mol. The van der Waals surface area contributed by atoms with Gasteiger partial charge >= 0.3 is 6.03 Å². The van der Waals surface area contributed by atoms with E-state index >= 15 is 0 Å². The minimum absolute atomic E-state index is 0.352. The number of benzene rings is 2. The number of urea groups is 1. The molecule has 8 nitrogen and oxygen atoms in total. The number of para-hydroxylation sites is 1. The molecule has 0 unspecified atom stereocenters. The lowest BCUT2D eigenvalue weighted by Gasteiger charge is -2.46. The molecule has 0 saturated carbocycles. The number of carbonyl (C=O) groups is 2. The van der Waals surface area contributed by atoms with Gasteiger partial charge in [0, 0.05) is 43.6 Å². The second-order valence-corrected chi connectivity index (χ2v) is 8.72. The predicted molar refractivity (Wildman–Crippen MR) is 131 cm³/mol. The van der Waals surface area contributed by atoms with Crippen molar-refractivity contribution in [2.75, 3.05) is 41.3 Å². The summed E-state index contributed by atoms with van der Waals surface area (Å²) < 4.78 is 0. The Morgan fingerprint density at radius 3 is 2.41 bits per heavy atom. The summed E-state index contributed by atoms with van der Waals surface area (Å²) in [5.74, 6) is 0.334. The predicted octanol–water partition coefficient (Wildman–Crippen LogP) is 3.24. The molecule has 34 heavy (non-hydrogen) atoms. The van der Waals surface area contributed by atoms with Crippen molar-refractivity contribution < 1.29 is 14.7 Å². The molecule has 3 heterocycles. The highest BCUT2D eigenvalue weighted by Crippen LogP contribution is 2.41. The zero-order chi connectivity index (χ0) is 23.9. The first-order valence-corrected chi connectivity index (χ1v) is 11.4. The van der Waals surface area contributed by atoms with E-state index in [1.54, 1.807) is 41.4 Å². The number of piperazine rings is 1. The van der Waals surface area contributed by atoms with Gasteiger partial charge in [0.05, 0.1) is 5.69 Å². The van der Waals surface area contributed by atoms with Crippen LogP contribution in [0.3, 0.4) is 0 Å². The van der Waals surface area contributed by atoms with Crippen LogP contribution >= 0.6 is 0 Å². The highest BCUT2D eigenvalue weighted by atomic mass is 16.3. The first-order chi connectivity index (χ1) is 16.4. The first kappa shape index (κ1) is 21.9. The van der Waals surface area contributed by atoms with Crippen LogP contribution in [-0.2, 0) is 10.5 Å². The van der Waals surface area contributed by atoms with Crippen molar-refractivity contribution in [1.82, 2.24) is 9.88 Å². The Hall–Kier alpha value is -3.91. The third-order valence-electron chi connectivity index (χ3n) is 6.66. The number of rotatable bonds is 3. The van der Waals surface area contributed by atoms with Crippen molar-refractivity contribution in [2.24, 2.45) is 0 Å². The minimum atomic E-state index is -2.17. The lowest BCUT2D eigenvalue weighted by Crippen LogP contribution is -2.65. The van der Waals surface area contributed by atoms with E-state index in [9.17, 15) is 14.7 Å². The summed E-state index contributed by atoms with van der Waals surface area (Å²) in [7, 11) is 0. The summed E-state index contributed by atoms with van der Waals surface area (Å²) >= 11 is 0. The summed E-state index contributed by atoms with van der Waals surface area (Å²) in [4.78, 5) is 36.5. The zero-order valence-electron chi connectivity index (χ0n) is 19.2. The standard InChI is InChI=1S/C26H27N5O3/c1-18-10-11-20(17-19(18)2)31-25(33)28-22-8-4-3-7-21(22)26(31,34)24(32)30-15-13-29(14-16-30)23-9-5-6-12-27-23/h3-12,17,34H,13-16H2,1-2H3,(H,28,33)/t26-/m0/s1. The van der Waals surface area contributed by atoms with E-state index in [4.69, 9.17) is 0 Å². The summed E-state index contributed by atoms with van der Waals surface area (Å²) in [5.41, 5.74) is 1.08. The minimum Gasteiger partial charge on any atom is -0.359 e. The van der Waals surface area contributed by atoms with Crippen molar-refractivity contribution in [2.45, 2.75) is 19.6 Å². The molecule has 174 valence electrons. The van der Waals surface area contributed by atoms with Gasteiger partial charge in [-0.3, -0.25) is 9.69 Å². The third kappa shape index (κ3) is 3.56. The van der Waals surface area contributed by atoms with Gasteiger partial charge in [0.15, 0.2) is 0 Å². The Bertz CT molecular complexity index is 1240. The van der Waals surface area contributed by atoms with Crippen LogP contribution in [0.25, 0.3) is 0 Å². The van der Waals surface area contributed by atoms with Gasteiger partial charge in [0.1, 0.15) is 5.82 Å².